The Hall–Kier alpha value is -2.86. The molecule has 2 amide bonds. The van der Waals surface area contributed by atoms with Crippen molar-refractivity contribution < 1.29 is 19.1 Å². The van der Waals surface area contributed by atoms with Gasteiger partial charge in [0, 0.05) is 25.4 Å². The number of nitrogens with zero attached hydrogens (tertiary/aromatic N) is 1. The Bertz CT molecular complexity index is 713. The molecule has 24 heavy (non-hydrogen) atoms. The number of anilines is 1. The number of hydrogen-bond acceptors (Lipinski definition) is 4. The summed E-state index contributed by atoms with van der Waals surface area (Å²) in [5.74, 6) is -0.220. The molecule has 126 valence electrons. The third-order valence-electron chi connectivity index (χ3n) is 3.51. The molecule has 0 atom stereocenters. The maximum Gasteiger partial charge on any atom is 0.261 e. The van der Waals surface area contributed by atoms with Crippen LogP contribution in [0.5, 0.6) is 5.75 Å². The van der Waals surface area contributed by atoms with Crippen LogP contribution in [0, 0.1) is 0 Å². The van der Waals surface area contributed by atoms with Crippen LogP contribution in [-0.2, 0) is 4.74 Å². The van der Waals surface area contributed by atoms with Crippen LogP contribution in [0.3, 0.4) is 0 Å². The monoisotopic (exact) mass is 328 g/mol. The Morgan fingerprint density at radius 1 is 1.04 bits per heavy atom. The third-order valence-corrected chi connectivity index (χ3v) is 3.51. The van der Waals surface area contributed by atoms with E-state index in [1.54, 1.807) is 62.7 Å². The summed E-state index contributed by atoms with van der Waals surface area (Å²) >= 11 is 0. The number of benzene rings is 2. The van der Waals surface area contributed by atoms with Gasteiger partial charge in [-0.05, 0) is 36.4 Å². The lowest BCUT2D eigenvalue weighted by atomic mass is 10.1. The second kappa shape index (κ2) is 8.12. The molecule has 0 aliphatic rings. The summed E-state index contributed by atoms with van der Waals surface area (Å²) in [6, 6.07) is 13.6. The summed E-state index contributed by atoms with van der Waals surface area (Å²) in [7, 11) is 3.25. The zero-order chi connectivity index (χ0) is 17.5. The van der Waals surface area contributed by atoms with Crippen molar-refractivity contribution >= 4 is 17.5 Å². The molecule has 2 aromatic rings. The summed E-state index contributed by atoms with van der Waals surface area (Å²) < 4.78 is 10.6. The minimum Gasteiger partial charge on any atom is -0.490 e. The second-order valence-electron chi connectivity index (χ2n) is 5.11. The first-order valence-corrected chi connectivity index (χ1v) is 7.43. The molecule has 2 N–H and O–H groups in total. The molecular weight excluding hydrogens is 308 g/mol. The average Bonchev–Trinajstić information content (AvgIpc) is 2.61. The second-order valence-corrected chi connectivity index (χ2v) is 5.11. The van der Waals surface area contributed by atoms with E-state index in [1.165, 1.54) is 4.90 Å². The van der Waals surface area contributed by atoms with Crippen molar-refractivity contribution in [3.8, 4) is 5.75 Å². The molecule has 0 spiro atoms. The van der Waals surface area contributed by atoms with Crippen LogP contribution in [0.4, 0.5) is 5.69 Å². The molecule has 2 aromatic carbocycles. The van der Waals surface area contributed by atoms with Crippen molar-refractivity contribution in [2.75, 3.05) is 32.3 Å². The summed E-state index contributed by atoms with van der Waals surface area (Å²) in [4.78, 5) is 25.4. The molecule has 0 unspecified atom stereocenters. The predicted molar refractivity (Wildman–Crippen MR) is 91.5 cm³/mol. The van der Waals surface area contributed by atoms with Gasteiger partial charge in [-0.3, -0.25) is 9.59 Å². The number of carbonyl (C=O) groups excluding carboxylic acids is 2. The maximum absolute atomic E-state index is 12.7. The van der Waals surface area contributed by atoms with E-state index in [2.05, 4.69) is 0 Å². The van der Waals surface area contributed by atoms with Crippen molar-refractivity contribution in [3.05, 3.63) is 59.7 Å². The Labute approximate surface area is 140 Å². The zero-order valence-corrected chi connectivity index (χ0v) is 13.7. The van der Waals surface area contributed by atoms with E-state index in [1.807, 2.05) is 0 Å². The van der Waals surface area contributed by atoms with E-state index in [4.69, 9.17) is 15.2 Å². The Morgan fingerprint density at radius 2 is 1.71 bits per heavy atom. The first-order valence-electron chi connectivity index (χ1n) is 7.43. The SMILES string of the molecule is COCCOc1ccccc1C(=O)N(C)c1ccc(C(N)=O)cc1. The molecule has 0 bridgehead atoms. The molecule has 0 radical (unpaired) electrons. The summed E-state index contributed by atoms with van der Waals surface area (Å²) in [6.45, 7) is 0.796. The summed E-state index contributed by atoms with van der Waals surface area (Å²) in [5.41, 5.74) is 6.72. The number of primary amides is 1. The van der Waals surface area contributed by atoms with Gasteiger partial charge in [-0.25, -0.2) is 0 Å². The van der Waals surface area contributed by atoms with Crippen LogP contribution in [0.15, 0.2) is 48.5 Å². The first-order chi connectivity index (χ1) is 11.5. The lowest BCUT2D eigenvalue weighted by molar-refractivity contribution is 0.0982. The molecule has 0 aromatic heterocycles. The van der Waals surface area contributed by atoms with Crippen LogP contribution in [-0.4, -0.2) is 39.2 Å². The van der Waals surface area contributed by atoms with E-state index in [9.17, 15) is 9.59 Å². The number of para-hydroxylation sites is 1. The number of carbonyl (C=O) groups is 2. The van der Waals surface area contributed by atoms with E-state index in [-0.39, 0.29) is 5.91 Å². The number of ether oxygens (including phenoxy) is 2. The van der Waals surface area contributed by atoms with Gasteiger partial charge in [-0.15, -0.1) is 0 Å². The maximum atomic E-state index is 12.7. The van der Waals surface area contributed by atoms with Gasteiger partial charge in [-0.1, -0.05) is 12.1 Å². The number of rotatable bonds is 7. The van der Waals surface area contributed by atoms with Crippen molar-refractivity contribution in [2.45, 2.75) is 0 Å². The fourth-order valence-corrected chi connectivity index (χ4v) is 2.15. The number of nitrogens with two attached hydrogens (primary N) is 1. The van der Waals surface area contributed by atoms with Crippen LogP contribution in [0.1, 0.15) is 20.7 Å². The quantitative estimate of drug-likeness (QED) is 0.789. The summed E-state index contributed by atoms with van der Waals surface area (Å²) in [6.07, 6.45) is 0. The molecule has 6 heteroatoms. The Morgan fingerprint density at radius 3 is 2.33 bits per heavy atom. The molecule has 0 aliphatic carbocycles. The van der Waals surface area contributed by atoms with E-state index in [0.717, 1.165) is 0 Å². The highest BCUT2D eigenvalue weighted by atomic mass is 16.5. The van der Waals surface area contributed by atoms with Crippen LogP contribution in [0.2, 0.25) is 0 Å². The normalized spacial score (nSPS) is 10.2. The van der Waals surface area contributed by atoms with Crippen LogP contribution >= 0.6 is 0 Å². The molecule has 0 heterocycles. The lowest BCUT2D eigenvalue weighted by Gasteiger charge is -2.19. The van der Waals surface area contributed by atoms with Crippen molar-refractivity contribution in [1.82, 2.24) is 0 Å². The molecule has 0 saturated heterocycles. The Kier molecular flexibility index (Phi) is 5.92. The molecule has 6 nitrogen and oxygen atoms in total. The highest BCUT2D eigenvalue weighted by Crippen LogP contribution is 2.23. The standard InChI is InChI=1S/C18H20N2O4/c1-20(14-9-7-13(8-10-14)17(19)21)18(22)15-5-3-4-6-16(15)24-12-11-23-2/h3-10H,11-12H2,1-2H3,(H2,19,21). The summed E-state index contributed by atoms with van der Waals surface area (Å²) in [5, 5.41) is 0. The number of amides is 2. The molecule has 0 aliphatic heterocycles. The van der Waals surface area contributed by atoms with Gasteiger partial charge < -0.3 is 20.1 Å². The van der Waals surface area contributed by atoms with Crippen LogP contribution in [0.25, 0.3) is 0 Å². The van der Waals surface area contributed by atoms with Crippen LogP contribution < -0.4 is 15.4 Å². The van der Waals surface area contributed by atoms with E-state index in [0.29, 0.717) is 35.8 Å². The minimum absolute atomic E-state index is 0.213. The van der Waals surface area contributed by atoms with Crippen molar-refractivity contribution in [1.29, 1.82) is 0 Å². The molecular formula is C18H20N2O4. The van der Waals surface area contributed by atoms with Gasteiger partial charge in [-0.2, -0.15) is 0 Å². The molecule has 0 fully saturated rings. The van der Waals surface area contributed by atoms with Crippen molar-refractivity contribution in [3.63, 3.8) is 0 Å². The topological polar surface area (TPSA) is 81.9 Å². The number of methoxy groups -OCH3 is 1. The van der Waals surface area contributed by atoms with Crippen molar-refractivity contribution in [2.24, 2.45) is 5.73 Å². The largest absolute Gasteiger partial charge is 0.490 e. The fraction of sp³-hybridized carbons (Fsp3) is 0.222. The zero-order valence-electron chi connectivity index (χ0n) is 13.7. The molecule has 0 saturated carbocycles. The van der Waals surface area contributed by atoms with Gasteiger partial charge in [0.1, 0.15) is 12.4 Å². The lowest BCUT2D eigenvalue weighted by Crippen LogP contribution is -2.27. The van der Waals surface area contributed by atoms with Gasteiger partial charge in [0.05, 0.1) is 12.2 Å². The predicted octanol–water partition coefficient (Wildman–Crippen LogP) is 2.09. The highest BCUT2D eigenvalue weighted by molar-refractivity contribution is 6.07. The average molecular weight is 328 g/mol. The number of hydrogen-bond donors (Lipinski definition) is 1. The first kappa shape index (κ1) is 17.5. The Balaban J connectivity index is 2.19. The third kappa shape index (κ3) is 4.11. The fourth-order valence-electron chi connectivity index (χ4n) is 2.15. The van der Waals surface area contributed by atoms with E-state index >= 15 is 0 Å². The minimum atomic E-state index is -0.507. The smallest absolute Gasteiger partial charge is 0.261 e. The van der Waals surface area contributed by atoms with Gasteiger partial charge in [0.15, 0.2) is 0 Å². The molecule has 2 rings (SSSR count). The van der Waals surface area contributed by atoms with Gasteiger partial charge in [0.25, 0.3) is 5.91 Å². The van der Waals surface area contributed by atoms with Gasteiger partial charge in [0.2, 0.25) is 5.91 Å². The van der Waals surface area contributed by atoms with E-state index < -0.39 is 5.91 Å². The highest BCUT2D eigenvalue weighted by Gasteiger charge is 2.18. The van der Waals surface area contributed by atoms with Gasteiger partial charge >= 0.3 is 0 Å².